The zero-order valence-corrected chi connectivity index (χ0v) is 24.6. The average molecular weight is 650 g/mol. The molecule has 4 aromatic rings. The number of carbonyl (C=O) groups excluding carboxylic acids is 2. The molecule has 3 aromatic carbocycles. The molecule has 1 heterocycles. The minimum Gasteiger partial charge on any atom is -0.494 e. The number of benzene rings is 3. The first kappa shape index (κ1) is 32.8. The standard InChI is InChI=1S/C29H27F4N5O6S/c1-3-45(41,42)24-9-5-19(34)12-17(24)15-37-26(39)28(44-27(40)29(31,32)33,18-4-8-22(30)23(14-18)43-2)38-20-6-7-21-16(13-20)10-11-36-25(21)35/h4-14,38H,3,15,34H2,1-2H3,(H2,35,36)(H,37,39). The number of nitrogens with one attached hydrogen (secondary N) is 2. The molecule has 0 aliphatic heterocycles. The predicted octanol–water partition coefficient (Wildman–Crippen LogP) is 4.03. The summed E-state index contributed by atoms with van der Waals surface area (Å²) in [6.07, 6.45) is -4.19. The maximum absolute atomic E-state index is 14.4. The highest BCUT2D eigenvalue weighted by Gasteiger charge is 2.52. The van der Waals surface area contributed by atoms with Crippen LogP contribution >= 0.6 is 0 Å². The van der Waals surface area contributed by atoms with Gasteiger partial charge in [0.1, 0.15) is 5.82 Å². The molecule has 45 heavy (non-hydrogen) atoms. The van der Waals surface area contributed by atoms with Crippen LogP contribution in [-0.4, -0.2) is 44.3 Å². The molecule has 6 N–H and O–H groups in total. The van der Waals surface area contributed by atoms with E-state index in [1.54, 1.807) is 0 Å². The molecule has 0 aliphatic carbocycles. The third-order valence-electron chi connectivity index (χ3n) is 6.71. The van der Waals surface area contributed by atoms with Crippen LogP contribution in [0.4, 0.5) is 34.8 Å². The number of hydrogen-bond donors (Lipinski definition) is 4. The third kappa shape index (κ3) is 6.85. The summed E-state index contributed by atoms with van der Waals surface area (Å²) in [7, 11) is -2.76. The van der Waals surface area contributed by atoms with Gasteiger partial charge in [0, 0.05) is 35.1 Å². The highest BCUT2D eigenvalue weighted by molar-refractivity contribution is 7.91. The zero-order chi connectivity index (χ0) is 33.2. The van der Waals surface area contributed by atoms with E-state index in [9.17, 15) is 35.6 Å². The zero-order valence-electron chi connectivity index (χ0n) is 23.7. The van der Waals surface area contributed by atoms with E-state index in [1.165, 1.54) is 55.6 Å². The van der Waals surface area contributed by atoms with Gasteiger partial charge < -0.3 is 31.6 Å². The Morgan fingerprint density at radius 3 is 2.40 bits per heavy atom. The van der Waals surface area contributed by atoms with Gasteiger partial charge in [0.15, 0.2) is 21.4 Å². The van der Waals surface area contributed by atoms with Gasteiger partial charge in [0.2, 0.25) is 0 Å². The molecule has 0 fully saturated rings. The number of halogens is 4. The van der Waals surface area contributed by atoms with Crippen molar-refractivity contribution in [3.8, 4) is 5.75 Å². The molecule has 0 radical (unpaired) electrons. The summed E-state index contributed by atoms with van der Waals surface area (Å²) >= 11 is 0. The number of hydrogen-bond acceptors (Lipinski definition) is 10. The fourth-order valence-corrected chi connectivity index (χ4v) is 5.56. The molecular formula is C29H27F4N5O6S. The Morgan fingerprint density at radius 1 is 1.00 bits per heavy atom. The Balaban J connectivity index is 1.90. The number of fused-ring (bicyclic) bond motifs is 1. The Labute approximate surface area is 254 Å². The van der Waals surface area contributed by atoms with Crippen LogP contribution in [0.25, 0.3) is 10.8 Å². The normalized spacial score (nSPS) is 13.1. The van der Waals surface area contributed by atoms with Crippen LogP contribution in [0.15, 0.2) is 71.8 Å². The fourth-order valence-electron chi connectivity index (χ4n) is 4.45. The monoisotopic (exact) mass is 649 g/mol. The number of alkyl halides is 3. The van der Waals surface area contributed by atoms with Gasteiger partial charge >= 0.3 is 12.1 Å². The molecule has 0 bridgehead atoms. The van der Waals surface area contributed by atoms with Crippen LogP contribution in [0.3, 0.4) is 0 Å². The molecule has 11 nitrogen and oxygen atoms in total. The average Bonchev–Trinajstić information content (AvgIpc) is 2.99. The van der Waals surface area contributed by atoms with Crippen LogP contribution in [0, 0.1) is 5.82 Å². The molecule has 0 saturated carbocycles. The van der Waals surface area contributed by atoms with E-state index >= 15 is 0 Å². The maximum Gasteiger partial charge on any atom is 0.491 e. The number of nitrogens with two attached hydrogens (primary N) is 2. The Bertz CT molecular complexity index is 1890. The molecule has 4 rings (SSSR count). The molecule has 1 unspecified atom stereocenters. The highest BCUT2D eigenvalue weighted by Crippen LogP contribution is 2.36. The molecule has 1 amide bonds. The largest absolute Gasteiger partial charge is 0.494 e. The van der Waals surface area contributed by atoms with Crippen LogP contribution in [0.5, 0.6) is 5.75 Å². The van der Waals surface area contributed by atoms with E-state index in [2.05, 4.69) is 15.6 Å². The molecule has 1 aromatic heterocycles. The van der Waals surface area contributed by atoms with Crippen LogP contribution < -0.4 is 26.8 Å². The number of rotatable bonds is 10. The minimum atomic E-state index is -5.57. The summed E-state index contributed by atoms with van der Waals surface area (Å²) in [5.41, 5.74) is 8.35. The van der Waals surface area contributed by atoms with Gasteiger partial charge in [-0.25, -0.2) is 22.6 Å². The number of nitrogens with zero attached hydrogens (tertiary/aromatic N) is 1. The number of sulfone groups is 1. The van der Waals surface area contributed by atoms with Crippen LogP contribution in [0.2, 0.25) is 0 Å². The fraction of sp³-hybridized carbons (Fsp3) is 0.207. The van der Waals surface area contributed by atoms with Crippen molar-refractivity contribution in [2.75, 3.05) is 29.6 Å². The van der Waals surface area contributed by atoms with Crippen LogP contribution in [-0.2, 0) is 36.4 Å². The summed E-state index contributed by atoms with van der Waals surface area (Å²) < 4.78 is 90.7. The van der Waals surface area contributed by atoms with Gasteiger partial charge in [-0.1, -0.05) is 6.92 Å². The summed E-state index contributed by atoms with van der Waals surface area (Å²) in [6.45, 7) is 0.818. The van der Waals surface area contributed by atoms with E-state index in [0.717, 1.165) is 25.3 Å². The number of esters is 1. The molecule has 16 heteroatoms. The second-order valence-electron chi connectivity index (χ2n) is 9.63. The van der Waals surface area contributed by atoms with E-state index in [1.807, 2.05) is 0 Å². The smallest absolute Gasteiger partial charge is 0.491 e. The number of aromatic nitrogens is 1. The molecule has 1 atom stereocenters. The molecule has 238 valence electrons. The number of nitrogen functional groups attached to an aromatic ring is 2. The van der Waals surface area contributed by atoms with Gasteiger partial charge in [-0.05, 0) is 71.6 Å². The number of ether oxygens (including phenoxy) is 2. The van der Waals surface area contributed by atoms with Crippen molar-refractivity contribution >= 4 is 49.7 Å². The summed E-state index contributed by atoms with van der Waals surface area (Å²) in [5.74, 6) is -5.72. The molecular weight excluding hydrogens is 622 g/mol. The van der Waals surface area contributed by atoms with E-state index in [0.29, 0.717) is 10.8 Å². The number of anilines is 3. The van der Waals surface area contributed by atoms with E-state index in [4.69, 9.17) is 20.9 Å². The summed E-state index contributed by atoms with van der Waals surface area (Å²) in [6, 6.07) is 12.2. The Morgan fingerprint density at radius 2 is 1.73 bits per heavy atom. The van der Waals surface area contributed by atoms with E-state index < -0.39 is 57.3 Å². The summed E-state index contributed by atoms with van der Waals surface area (Å²) in [5, 5.41) is 5.83. The van der Waals surface area contributed by atoms with Crippen molar-refractivity contribution in [2.45, 2.75) is 30.3 Å². The Hall–Kier alpha value is -5.12. The third-order valence-corrected chi connectivity index (χ3v) is 8.54. The Kier molecular flexibility index (Phi) is 9.09. The van der Waals surface area contributed by atoms with Crippen molar-refractivity contribution < 1.29 is 45.0 Å². The van der Waals surface area contributed by atoms with Crippen LogP contribution in [0.1, 0.15) is 18.1 Å². The second kappa shape index (κ2) is 12.5. The minimum absolute atomic E-state index is 0.00612. The van der Waals surface area contributed by atoms with Gasteiger partial charge in [0.25, 0.3) is 11.6 Å². The lowest BCUT2D eigenvalue weighted by Gasteiger charge is -2.34. The van der Waals surface area contributed by atoms with Crippen molar-refractivity contribution in [1.29, 1.82) is 0 Å². The lowest BCUT2D eigenvalue weighted by Crippen LogP contribution is -2.54. The first-order valence-electron chi connectivity index (χ1n) is 13.1. The molecule has 0 spiro atoms. The van der Waals surface area contributed by atoms with Gasteiger partial charge in [-0.15, -0.1) is 0 Å². The van der Waals surface area contributed by atoms with Crippen molar-refractivity contribution in [2.24, 2.45) is 0 Å². The number of amides is 1. The first-order chi connectivity index (χ1) is 21.1. The van der Waals surface area contributed by atoms with Crippen molar-refractivity contribution in [3.63, 3.8) is 0 Å². The predicted molar refractivity (Wildman–Crippen MR) is 157 cm³/mol. The number of methoxy groups -OCH3 is 1. The topological polar surface area (TPSA) is 176 Å². The number of pyridine rings is 1. The lowest BCUT2D eigenvalue weighted by molar-refractivity contribution is -0.213. The highest BCUT2D eigenvalue weighted by atomic mass is 32.2. The molecule has 0 saturated heterocycles. The van der Waals surface area contributed by atoms with Crippen molar-refractivity contribution in [3.05, 3.63) is 83.8 Å². The van der Waals surface area contributed by atoms with Gasteiger partial charge in [0.05, 0.1) is 17.8 Å². The molecule has 0 aliphatic rings. The van der Waals surface area contributed by atoms with Gasteiger partial charge in [-0.2, -0.15) is 13.2 Å². The lowest BCUT2D eigenvalue weighted by atomic mass is 9.99. The quantitative estimate of drug-likeness (QED) is 0.0850. The van der Waals surface area contributed by atoms with Gasteiger partial charge in [-0.3, -0.25) is 4.79 Å². The number of carbonyl (C=O) groups is 2. The van der Waals surface area contributed by atoms with Crippen molar-refractivity contribution in [1.82, 2.24) is 10.3 Å². The maximum atomic E-state index is 14.4. The SMILES string of the molecule is CCS(=O)(=O)c1ccc(N)cc1CNC(=O)C(Nc1ccc2c(N)nccc2c1)(OC(=O)C(F)(F)F)c1ccc(F)c(OC)c1. The second-order valence-corrected chi connectivity index (χ2v) is 11.9. The summed E-state index contributed by atoms with van der Waals surface area (Å²) in [4.78, 5) is 30.2. The first-order valence-corrected chi connectivity index (χ1v) is 14.7. The van der Waals surface area contributed by atoms with E-state index in [-0.39, 0.29) is 33.4 Å².